The summed E-state index contributed by atoms with van der Waals surface area (Å²) in [6.45, 7) is 14.7. The Kier molecular flexibility index (Phi) is 6.81. The average Bonchev–Trinajstić information content (AvgIpc) is 2.77. The summed E-state index contributed by atoms with van der Waals surface area (Å²) in [6, 6.07) is 0. The standard InChI is InChI=1S/C17H34O2S2Si/c1-13-10-14(12-18-22(5,6)17(2,3)4)19-15(13)11-16-20-8-7-9-21-16/h13-16H,7-12H2,1-6H3/t13-,14-,15+/m1/s1. The van der Waals surface area contributed by atoms with Gasteiger partial charge in [-0.1, -0.05) is 27.7 Å². The Morgan fingerprint density at radius 3 is 2.41 bits per heavy atom. The zero-order valence-electron chi connectivity index (χ0n) is 15.2. The molecule has 2 aliphatic rings. The molecule has 0 bridgehead atoms. The Morgan fingerprint density at radius 1 is 1.18 bits per heavy atom. The van der Waals surface area contributed by atoms with Crippen LogP contribution in [0.1, 0.15) is 47.0 Å². The van der Waals surface area contributed by atoms with Crippen molar-refractivity contribution < 1.29 is 9.16 Å². The van der Waals surface area contributed by atoms with E-state index < -0.39 is 8.32 Å². The van der Waals surface area contributed by atoms with Crippen LogP contribution in [0.3, 0.4) is 0 Å². The summed E-state index contributed by atoms with van der Waals surface area (Å²) in [5.74, 6) is 3.34. The SMILES string of the molecule is C[C@@H]1C[C@H](CO[Si](C)(C)C(C)(C)C)O[C@H]1CC1SCCCS1. The Bertz CT molecular complexity index is 351. The minimum atomic E-state index is -1.65. The molecule has 0 saturated carbocycles. The molecule has 3 atom stereocenters. The van der Waals surface area contributed by atoms with Gasteiger partial charge in [-0.25, -0.2) is 0 Å². The van der Waals surface area contributed by atoms with E-state index >= 15 is 0 Å². The summed E-state index contributed by atoms with van der Waals surface area (Å²) in [5, 5.41) is 0.284. The minimum absolute atomic E-state index is 0.284. The maximum Gasteiger partial charge on any atom is 0.192 e. The molecule has 0 amide bonds. The molecule has 0 N–H and O–H groups in total. The van der Waals surface area contributed by atoms with Crippen LogP contribution >= 0.6 is 23.5 Å². The zero-order valence-corrected chi connectivity index (χ0v) is 17.8. The second kappa shape index (κ2) is 7.81. The van der Waals surface area contributed by atoms with Gasteiger partial charge in [0.25, 0.3) is 0 Å². The van der Waals surface area contributed by atoms with Crippen LogP contribution in [0.2, 0.25) is 18.1 Å². The smallest absolute Gasteiger partial charge is 0.192 e. The maximum absolute atomic E-state index is 6.37. The topological polar surface area (TPSA) is 18.5 Å². The van der Waals surface area contributed by atoms with Crippen molar-refractivity contribution in [1.82, 2.24) is 0 Å². The van der Waals surface area contributed by atoms with E-state index in [4.69, 9.17) is 9.16 Å². The van der Waals surface area contributed by atoms with Crippen molar-refractivity contribution >= 4 is 31.8 Å². The van der Waals surface area contributed by atoms with E-state index in [1.807, 2.05) is 0 Å². The van der Waals surface area contributed by atoms with Gasteiger partial charge in [0.15, 0.2) is 8.32 Å². The molecule has 0 aromatic heterocycles. The molecule has 0 aliphatic carbocycles. The van der Waals surface area contributed by atoms with Gasteiger partial charge < -0.3 is 9.16 Å². The highest BCUT2D eigenvalue weighted by Gasteiger charge is 2.40. The normalized spacial score (nSPS) is 31.6. The lowest BCUT2D eigenvalue weighted by atomic mass is 10.0. The van der Waals surface area contributed by atoms with Crippen LogP contribution in [0, 0.1) is 5.92 Å². The highest BCUT2D eigenvalue weighted by atomic mass is 32.2. The first-order chi connectivity index (χ1) is 10.2. The van der Waals surface area contributed by atoms with Gasteiger partial charge in [-0.3, -0.25) is 0 Å². The van der Waals surface area contributed by atoms with Gasteiger partial charge in [0.05, 0.1) is 23.4 Å². The van der Waals surface area contributed by atoms with Gasteiger partial charge in [0, 0.05) is 0 Å². The molecule has 0 unspecified atom stereocenters. The molecule has 0 spiro atoms. The van der Waals surface area contributed by atoms with Crippen LogP contribution in [0.15, 0.2) is 0 Å². The van der Waals surface area contributed by atoms with Crippen molar-refractivity contribution in [3.8, 4) is 0 Å². The summed E-state index contributed by atoms with van der Waals surface area (Å²) >= 11 is 4.27. The summed E-state index contributed by atoms with van der Waals surface area (Å²) < 4.78 is 13.5. The molecule has 2 nitrogen and oxygen atoms in total. The summed E-state index contributed by atoms with van der Waals surface area (Å²) in [7, 11) is -1.65. The number of rotatable bonds is 5. The van der Waals surface area contributed by atoms with Crippen molar-refractivity contribution in [3.05, 3.63) is 0 Å². The third kappa shape index (κ3) is 5.17. The van der Waals surface area contributed by atoms with Gasteiger partial charge in [-0.15, -0.1) is 23.5 Å². The molecular weight excluding hydrogens is 328 g/mol. The molecule has 2 rings (SSSR count). The molecule has 0 aromatic carbocycles. The Morgan fingerprint density at radius 2 is 1.82 bits per heavy atom. The maximum atomic E-state index is 6.37. The van der Waals surface area contributed by atoms with Crippen molar-refractivity contribution in [3.63, 3.8) is 0 Å². The van der Waals surface area contributed by atoms with E-state index in [2.05, 4.69) is 64.3 Å². The van der Waals surface area contributed by atoms with E-state index in [-0.39, 0.29) is 5.04 Å². The molecule has 2 saturated heterocycles. The molecular formula is C17H34O2S2Si. The summed E-state index contributed by atoms with van der Waals surface area (Å²) in [5.41, 5.74) is 0. The quantitative estimate of drug-likeness (QED) is 0.610. The van der Waals surface area contributed by atoms with Crippen LogP contribution in [-0.4, -0.2) is 43.2 Å². The molecule has 0 aromatic rings. The number of thioether (sulfide) groups is 2. The van der Waals surface area contributed by atoms with Crippen LogP contribution in [0.25, 0.3) is 0 Å². The molecule has 2 fully saturated rings. The number of hydrogen-bond acceptors (Lipinski definition) is 4. The number of hydrogen-bond donors (Lipinski definition) is 0. The van der Waals surface area contributed by atoms with Crippen molar-refractivity contribution in [2.75, 3.05) is 18.1 Å². The average molecular weight is 363 g/mol. The van der Waals surface area contributed by atoms with Crippen LogP contribution in [0.5, 0.6) is 0 Å². The second-order valence-electron chi connectivity index (χ2n) is 8.34. The lowest BCUT2D eigenvalue weighted by molar-refractivity contribution is 0.00737. The molecule has 22 heavy (non-hydrogen) atoms. The first-order valence-electron chi connectivity index (χ1n) is 8.71. The predicted octanol–water partition coefficient (Wildman–Crippen LogP) is 5.39. The highest BCUT2D eigenvalue weighted by molar-refractivity contribution is 8.17. The highest BCUT2D eigenvalue weighted by Crippen LogP contribution is 2.40. The molecule has 2 aliphatic heterocycles. The summed E-state index contributed by atoms with van der Waals surface area (Å²) in [6.07, 6.45) is 4.51. The molecule has 5 heteroatoms. The van der Waals surface area contributed by atoms with E-state index in [1.54, 1.807) is 0 Å². The minimum Gasteiger partial charge on any atom is -0.414 e. The van der Waals surface area contributed by atoms with Crippen LogP contribution in [0.4, 0.5) is 0 Å². The van der Waals surface area contributed by atoms with Crippen molar-refractivity contribution in [2.45, 2.75) is 81.9 Å². The number of ether oxygens (including phenoxy) is 1. The third-order valence-electron chi connectivity index (χ3n) is 5.39. The van der Waals surface area contributed by atoms with Gasteiger partial charge in [-0.05, 0) is 54.8 Å². The molecule has 0 radical (unpaired) electrons. The Hall–Kier alpha value is 0.837. The lowest BCUT2D eigenvalue weighted by Crippen LogP contribution is -2.42. The fraction of sp³-hybridized carbons (Fsp3) is 1.00. The van der Waals surface area contributed by atoms with Gasteiger partial charge in [0.1, 0.15) is 0 Å². The van der Waals surface area contributed by atoms with Gasteiger partial charge >= 0.3 is 0 Å². The van der Waals surface area contributed by atoms with E-state index in [0.29, 0.717) is 18.1 Å². The summed E-state index contributed by atoms with van der Waals surface area (Å²) in [4.78, 5) is 0. The second-order valence-corrected chi connectivity index (χ2v) is 16.1. The van der Waals surface area contributed by atoms with Gasteiger partial charge in [-0.2, -0.15) is 0 Å². The Balaban J connectivity index is 1.78. The van der Waals surface area contributed by atoms with Gasteiger partial charge in [0.2, 0.25) is 0 Å². The zero-order chi connectivity index (χ0) is 16.4. The monoisotopic (exact) mass is 362 g/mol. The van der Waals surface area contributed by atoms with E-state index in [9.17, 15) is 0 Å². The molecule has 2 heterocycles. The van der Waals surface area contributed by atoms with Crippen LogP contribution < -0.4 is 0 Å². The van der Waals surface area contributed by atoms with Crippen LogP contribution in [-0.2, 0) is 9.16 Å². The predicted molar refractivity (Wildman–Crippen MR) is 104 cm³/mol. The largest absolute Gasteiger partial charge is 0.414 e. The molecule has 130 valence electrons. The fourth-order valence-electron chi connectivity index (χ4n) is 2.78. The first-order valence-corrected chi connectivity index (χ1v) is 13.7. The van der Waals surface area contributed by atoms with E-state index in [1.165, 1.54) is 30.8 Å². The van der Waals surface area contributed by atoms with E-state index in [0.717, 1.165) is 11.2 Å². The fourth-order valence-corrected chi connectivity index (χ4v) is 6.76. The Labute approximate surface area is 147 Å². The first kappa shape index (κ1) is 19.2. The third-order valence-corrected chi connectivity index (χ3v) is 12.9. The van der Waals surface area contributed by atoms with Crippen molar-refractivity contribution in [1.29, 1.82) is 0 Å². The van der Waals surface area contributed by atoms with Crippen molar-refractivity contribution in [2.24, 2.45) is 5.92 Å². The lowest BCUT2D eigenvalue weighted by Gasteiger charge is -2.36.